The third kappa shape index (κ3) is 1.92. The van der Waals surface area contributed by atoms with Crippen molar-refractivity contribution in [2.75, 3.05) is 7.11 Å². The Morgan fingerprint density at radius 3 is 2.25 bits per heavy atom. The van der Waals surface area contributed by atoms with Crippen LogP contribution in [0.3, 0.4) is 0 Å². The lowest BCUT2D eigenvalue weighted by atomic mass is 10.0. The lowest BCUT2D eigenvalue weighted by Crippen LogP contribution is -2.08. The van der Waals surface area contributed by atoms with Crippen molar-refractivity contribution in [1.29, 1.82) is 0 Å². The molecule has 0 amide bonds. The topological polar surface area (TPSA) is 9.23 Å². The van der Waals surface area contributed by atoms with Crippen LogP contribution in [0, 0.1) is 0 Å². The Morgan fingerprint density at radius 2 is 1.83 bits per heavy atom. The van der Waals surface area contributed by atoms with Crippen molar-refractivity contribution >= 4 is 11.6 Å². The molecule has 0 unspecified atom stereocenters. The molecular weight excluding hydrogens is 172 g/mol. The van der Waals surface area contributed by atoms with Crippen LogP contribution in [-0.2, 0) is 4.87 Å². The molecule has 0 aliphatic carbocycles. The van der Waals surface area contributed by atoms with Crippen molar-refractivity contribution in [3.05, 3.63) is 29.8 Å². The highest BCUT2D eigenvalue weighted by Gasteiger charge is 2.20. The van der Waals surface area contributed by atoms with Gasteiger partial charge in [0.05, 0.1) is 12.0 Å². The number of methoxy groups -OCH3 is 1. The second-order valence-electron chi connectivity index (χ2n) is 3.17. The van der Waals surface area contributed by atoms with E-state index in [4.69, 9.17) is 16.3 Å². The van der Waals surface area contributed by atoms with Crippen molar-refractivity contribution in [2.45, 2.75) is 18.7 Å². The Bertz CT molecular complexity index is 263. The smallest absolute Gasteiger partial charge is 0.123 e. The van der Waals surface area contributed by atoms with Crippen molar-refractivity contribution in [3.63, 3.8) is 0 Å². The van der Waals surface area contributed by atoms with E-state index in [-0.39, 0.29) is 4.87 Å². The highest BCUT2D eigenvalue weighted by atomic mass is 35.5. The summed E-state index contributed by atoms with van der Waals surface area (Å²) in [6, 6.07) is 7.79. The van der Waals surface area contributed by atoms with Gasteiger partial charge in [-0.1, -0.05) is 18.2 Å². The largest absolute Gasteiger partial charge is 0.496 e. The Hall–Kier alpha value is -0.690. The van der Waals surface area contributed by atoms with Crippen LogP contribution in [0.2, 0.25) is 0 Å². The molecule has 0 heterocycles. The van der Waals surface area contributed by atoms with Crippen molar-refractivity contribution < 1.29 is 4.74 Å². The normalized spacial score (nSPS) is 11.3. The quantitative estimate of drug-likeness (QED) is 0.642. The second-order valence-corrected chi connectivity index (χ2v) is 4.12. The van der Waals surface area contributed by atoms with E-state index in [9.17, 15) is 0 Å². The van der Waals surface area contributed by atoms with Crippen LogP contribution in [0.25, 0.3) is 0 Å². The molecule has 1 nitrogen and oxygen atoms in total. The first-order valence-electron chi connectivity index (χ1n) is 3.88. The van der Waals surface area contributed by atoms with Crippen molar-refractivity contribution in [2.24, 2.45) is 0 Å². The second kappa shape index (κ2) is 3.36. The average molecular weight is 185 g/mol. The summed E-state index contributed by atoms with van der Waals surface area (Å²) in [5, 5.41) is 0. The summed E-state index contributed by atoms with van der Waals surface area (Å²) >= 11 is 6.16. The highest BCUT2D eigenvalue weighted by Crippen LogP contribution is 2.34. The first-order valence-corrected chi connectivity index (χ1v) is 4.26. The highest BCUT2D eigenvalue weighted by molar-refractivity contribution is 6.23. The molecule has 2 heteroatoms. The van der Waals surface area contributed by atoms with Gasteiger partial charge in [0.1, 0.15) is 5.75 Å². The summed E-state index contributed by atoms with van der Waals surface area (Å²) in [5.41, 5.74) is 1.02. The van der Waals surface area contributed by atoms with E-state index in [0.29, 0.717) is 0 Å². The van der Waals surface area contributed by atoms with Crippen LogP contribution in [0.5, 0.6) is 5.75 Å². The zero-order valence-electron chi connectivity index (χ0n) is 7.60. The minimum absolute atomic E-state index is 0.368. The molecule has 66 valence electrons. The summed E-state index contributed by atoms with van der Waals surface area (Å²) in [6.07, 6.45) is 0. The van der Waals surface area contributed by atoms with E-state index in [0.717, 1.165) is 11.3 Å². The summed E-state index contributed by atoms with van der Waals surface area (Å²) in [6.45, 7) is 3.90. The van der Waals surface area contributed by atoms with Gasteiger partial charge >= 0.3 is 0 Å². The van der Waals surface area contributed by atoms with Gasteiger partial charge in [-0.05, 0) is 19.9 Å². The van der Waals surface area contributed by atoms with E-state index in [1.54, 1.807) is 7.11 Å². The number of rotatable bonds is 2. The molecule has 0 N–H and O–H groups in total. The summed E-state index contributed by atoms with van der Waals surface area (Å²) in [7, 11) is 1.65. The van der Waals surface area contributed by atoms with E-state index in [2.05, 4.69) is 0 Å². The van der Waals surface area contributed by atoms with Gasteiger partial charge in [-0.15, -0.1) is 11.6 Å². The third-order valence-corrected chi connectivity index (χ3v) is 1.95. The molecule has 1 aromatic rings. The van der Waals surface area contributed by atoms with Crippen LogP contribution in [0.1, 0.15) is 19.4 Å². The van der Waals surface area contributed by atoms with Crippen molar-refractivity contribution in [1.82, 2.24) is 0 Å². The molecule has 0 radical (unpaired) electrons. The Balaban J connectivity index is 3.14. The molecule has 0 spiro atoms. The van der Waals surface area contributed by atoms with Gasteiger partial charge < -0.3 is 4.74 Å². The Labute approximate surface area is 78.3 Å². The zero-order chi connectivity index (χ0) is 9.19. The van der Waals surface area contributed by atoms with Gasteiger partial charge in [-0.25, -0.2) is 0 Å². The maximum atomic E-state index is 6.16. The van der Waals surface area contributed by atoms with Gasteiger partial charge in [0.15, 0.2) is 0 Å². The number of halogens is 1. The predicted molar refractivity (Wildman–Crippen MR) is 51.9 cm³/mol. The van der Waals surface area contributed by atoms with E-state index >= 15 is 0 Å². The van der Waals surface area contributed by atoms with Crippen LogP contribution in [0.15, 0.2) is 24.3 Å². The monoisotopic (exact) mass is 184 g/mol. The van der Waals surface area contributed by atoms with Gasteiger partial charge in [0, 0.05) is 5.56 Å². The third-order valence-electron chi connectivity index (χ3n) is 1.75. The van der Waals surface area contributed by atoms with E-state index in [1.165, 1.54) is 0 Å². The Morgan fingerprint density at radius 1 is 1.25 bits per heavy atom. The van der Waals surface area contributed by atoms with E-state index in [1.807, 2.05) is 38.1 Å². The molecule has 0 aliphatic heterocycles. The lowest BCUT2D eigenvalue weighted by Gasteiger charge is -2.19. The van der Waals surface area contributed by atoms with Crippen LogP contribution in [-0.4, -0.2) is 7.11 Å². The van der Waals surface area contributed by atoms with Gasteiger partial charge in [0.25, 0.3) is 0 Å². The summed E-state index contributed by atoms with van der Waals surface area (Å²) < 4.78 is 5.19. The molecule has 0 fully saturated rings. The minimum atomic E-state index is -0.368. The molecular formula is C10H13ClO. The molecule has 1 rings (SSSR count). The number of para-hydroxylation sites is 1. The average Bonchev–Trinajstić information content (AvgIpc) is 2.03. The lowest BCUT2D eigenvalue weighted by molar-refractivity contribution is 0.405. The fourth-order valence-electron chi connectivity index (χ4n) is 1.14. The zero-order valence-corrected chi connectivity index (χ0v) is 8.35. The van der Waals surface area contributed by atoms with Gasteiger partial charge in [-0.2, -0.15) is 0 Å². The molecule has 0 aromatic heterocycles. The number of alkyl halides is 1. The van der Waals surface area contributed by atoms with Crippen molar-refractivity contribution in [3.8, 4) is 5.75 Å². The Kier molecular flexibility index (Phi) is 2.63. The molecule has 0 aliphatic rings. The number of ether oxygens (including phenoxy) is 1. The molecule has 1 aromatic carbocycles. The van der Waals surface area contributed by atoms with E-state index < -0.39 is 0 Å². The SMILES string of the molecule is COc1ccccc1C(C)(C)Cl. The molecule has 0 saturated heterocycles. The number of hydrogen-bond donors (Lipinski definition) is 0. The fraction of sp³-hybridized carbons (Fsp3) is 0.400. The van der Waals surface area contributed by atoms with Crippen LogP contribution >= 0.6 is 11.6 Å². The first kappa shape index (κ1) is 9.40. The molecule has 0 bridgehead atoms. The molecule has 0 atom stereocenters. The minimum Gasteiger partial charge on any atom is -0.496 e. The maximum Gasteiger partial charge on any atom is 0.123 e. The summed E-state index contributed by atoms with van der Waals surface area (Å²) in [4.78, 5) is -0.368. The standard InChI is InChI=1S/C10H13ClO/c1-10(2,11)8-6-4-5-7-9(8)12-3/h4-7H,1-3H3. The first-order chi connectivity index (χ1) is 5.55. The fourth-order valence-corrected chi connectivity index (χ4v) is 1.29. The van der Waals surface area contributed by atoms with Gasteiger partial charge in [0.2, 0.25) is 0 Å². The van der Waals surface area contributed by atoms with Crippen LogP contribution in [0.4, 0.5) is 0 Å². The summed E-state index contributed by atoms with van der Waals surface area (Å²) in [5.74, 6) is 0.845. The molecule has 12 heavy (non-hydrogen) atoms. The van der Waals surface area contributed by atoms with Crippen LogP contribution < -0.4 is 4.74 Å². The number of benzene rings is 1. The maximum absolute atomic E-state index is 6.16. The van der Waals surface area contributed by atoms with Gasteiger partial charge in [-0.3, -0.25) is 0 Å². The molecule has 0 saturated carbocycles. The number of hydrogen-bond acceptors (Lipinski definition) is 1. The predicted octanol–water partition coefficient (Wildman–Crippen LogP) is 3.17.